The first-order valence-corrected chi connectivity index (χ1v) is 8.07. The minimum absolute atomic E-state index is 0.160. The number of aromatic nitrogens is 1. The van der Waals surface area contributed by atoms with Gasteiger partial charge in [-0.3, -0.25) is 4.98 Å². The summed E-state index contributed by atoms with van der Waals surface area (Å²) < 4.78 is 26.6. The fourth-order valence-corrected chi connectivity index (χ4v) is 2.60. The average Bonchev–Trinajstić information content (AvgIpc) is 2.70. The summed E-state index contributed by atoms with van der Waals surface area (Å²) in [4.78, 5) is 4.57. The summed E-state index contributed by atoms with van der Waals surface area (Å²) in [6.45, 7) is 0.321. The highest BCUT2D eigenvalue weighted by Gasteiger charge is 2.11. The lowest BCUT2D eigenvalue weighted by Gasteiger charge is -2.13. The number of nitrogens with zero attached hydrogens (tertiary/aromatic N) is 1. The van der Waals surface area contributed by atoms with Crippen molar-refractivity contribution in [1.29, 1.82) is 0 Å². The van der Waals surface area contributed by atoms with Crippen molar-refractivity contribution in [2.24, 2.45) is 0 Å². The molecule has 26 heavy (non-hydrogen) atoms. The summed E-state index contributed by atoms with van der Waals surface area (Å²) in [5.74, 6) is 2.18. The number of ether oxygens (including phenoxy) is 5. The fraction of sp³-hybridized carbons (Fsp3) is 0.250. The molecule has 0 amide bonds. The molecule has 3 rings (SSSR count). The van der Waals surface area contributed by atoms with Gasteiger partial charge in [0.1, 0.15) is 17.2 Å². The van der Waals surface area contributed by atoms with Crippen molar-refractivity contribution in [2.75, 3.05) is 34.9 Å². The molecule has 0 radical (unpaired) electrons. The highest BCUT2D eigenvalue weighted by atomic mass is 16.7. The van der Waals surface area contributed by atoms with Gasteiger partial charge in [-0.05, 0) is 42.5 Å². The van der Waals surface area contributed by atoms with Crippen LogP contribution in [-0.2, 0) is 9.47 Å². The Hall–Kier alpha value is -2.83. The van der Waals surface area contributed by atoms with Crippen LogP contribution in [0.25, 0.3) is 22.0 Å². The van der Waals surface area contributed by atoms with Gasteiger partial charge >= 0.3 is 0 Å². The first-order chi connectivity index (χ1) is 12.8. The lowest BCUT2D eigenvalue weighted by Crippen LogP contribution is -2.02. The second-order valence-corrected chi connectivity index (χ2v) is 5.51. The maximum Gasteiger partial charge on any atom is 0.188 e. The largest absolute Gasteiger partial charge is 0.497 e. The monoisotopic (exact) mass is 355 g/mol. The van der Waals surface area contributed by atoms with Gasteiger partial charge in [0, 0.05) is 36.8 Å². The first-order valence-electron chi connectivity index (χ1n) is 8.07. The number of pyridine rings is 1. The number of hydrogen-bond donors (Lipinski definition) is 0. The van der Waals surface area contributed by atoms with Crippen LogP contribution in [-0.4, -0.2) is 39.9 Å². The number of benzene rings is 2. The van der Waals surface area contributed by atoms with Gasteiger partial charge in [-0.1, -0.05) is 0 Å². The van der Waals surface area contributed by atoms with Crippen molar-refractivity contribution in [3.63, 3.8) is 0 Å². The van der Waals surface area contributed by atoms with Gasteiger partial charge in [0.05, 0.1) is 12.8 Å². The van der Waals surface area contributed by atoms with Gasteiger partial charge in [-0.2, -0.15) is 0 Å². The summed E-state index contributed by atoms with van der Waals surface area (Å²) in [6.07, 6.45) is 1.78. The second-order valence-electron chi connectivity index (χ2n) is 5.51. The van der Waals surface area contributed by atoms with Crippen molar-refractivity contribution in [3.8, 4) is 28.5 Å². The Morgan fingerprint density at radius 1 is 0.769 bits per heavy atom. The molecule has 6 nitrogen and oxygen atoms in total. The van der Waals surface area contributed by atoms with E-state index in [2.05, 4.69) is 4.98 Å². The molecular formula is C20H21NO5. The lowest BCUT2D eigenvalue weighted by molar-refractivity contribution is 0.0500. The summed E-state index contributed by atoms with van der Waals surface area (Å²) >= 11 is 0. The van der Waals surface area contributed by atoms with Gasteiger partial charge < -0.3 is 23.7 Å². The van der Waals surface area contributed by atoms with Crippen LogP contribution in [0.1, 0.15) is 0 Å². The average molecular weight is 355 g/mol. The SMILES string of the molecule is COCOc1ccc(OCOC)c2cc(-c3ccc(OC)cc3)ncc12. The zero-order valence-corrected chi connectivity index (χ0v) is 15.0. The smallest absolute Gasteiger partial charge is 0.188 e. The Morgan fingerprint density at radius 3 is 1.96 bits per heavy atom. The predicted molar refractivity (Wildman–Crippen MR) is 98.7 cm³/mol. The van der Waals surface area contributed by atoms with Crippen LogP contribution in [0.15, 0.2) is 48.7 Å². The number of methoxy groups -OCH3 is 3. The Morgan fingerprint density at radius 2 is 1.38 bits per heavy atom. The maximum absolute atomic E-state index is 5.70. The molecule has 0 atom stereocenters. The van der Waals surface area contributed by atoms with Crippen LogP contribution in [0, 0.1) is 0 Å². The summed E-state index contributed by atoms with van der Waals surface area (Å²) in [6, 6.07) is 13.4. The van der Waals surface area contributed by atoms with E-state index in [4.69, 9.17) is 23.7 Å². The quantitative estimate of drug-likeness (QED) is 0.572. The van der Waals surface area contributed by atoms with Gasteiger partial charge in [0.15, 0.2) is 13.6 Å². The molecule has 0 fully saturated rings. The highest BCUT2D eigenvalue weighted by Crippen LogP contribution is 2.35. The third-order valence-corrected chi connectivity index (χ3v) is 3.87. The summed E-state index contributed by atoms with van der Waals surface area (Å²) in [5.41, 5.74) is 1.81. The molecule has 1 aromatic heterocycles. The molecule has 1 heterocycles. The van der Waals surface area contributed by atoms with E-state index >= 15 is 0 Å². The molecule has 0 saturated heterocycles. The molecule has 0 N–H and O–H groups in total. The van der Waals surface area contributed by atoms with E-state index in [9.17, 15) is 0 Å². The Kier molecular flexibility index (Phi) is 5.88. The Labute approximate surface area is 152 Å². The Bertz CT molecular complexity index is 864. The summed E-state index contributed by atoms with van der Waals surface area (Å²) in [5, 5.41) is 1.73. The van der Waals surface area contributed by atoms with Crippen LogP contribution in [0.3, 0.4) is 0 Å². The van der Waals surface area contributed by atoms with Gasteiger partial charge in [-0.25, -0.2) is 0 Å². The van der Waals surface area contributed by atoms with Gasteiger partial charge in [-0.15, -0.1) is 0 Å². The molecule has 0 bridgehead atoms. The Balaban J connectivity index is 2.06. The van der Waals surface area contributed by atoms with Crippen LogP contribution < -0.4 is 14.2 Å². The van der Waals surface area contributed by atoms with Crippen LogP contribution in [0.2, 0.25) is 0 Å². The summed E-state index contributed by atoms with van der Waals surface area (Å²) in [7, 11) is 4.81. The second kappa shape index (κ2) is 8.51. The van der Waals surface area contributed by atoms with Crippen molar-refractivity contribution in [1.82, 2.24) is 4.98 Å². The van der Waals surface area contributed by atoms with E-state index in [-0.39, 0.29) is 13.6 Å². The van der Waals surface area contributed by atoms with Crippen molar-refractivity contribution < 1.29 is 23.7 Å². The van der Waals surface area contributed by atoms with Crippen molar-refractivity contribution in [3.05, 3.63) is 48.7 Å². The van der Waals surface area contributed by atoms with Gasteiger partial charge in [0.25, 0.3) is 0 Å². The van der Waals surface area contributed by atoms with E-state index in [1.165, 1.54) is 0 Å². The minimum atomic E-state index is 0.160. The lowest BCUT2D eigenvalue weighted by atomic mass is 10.1. The first kappa shape index (κ1) is 18.0. The molecule has 2 aromatic carbocycles. The number of fused-ring (bicyclic) bond motifs is 1. The van der Waals surface area contributed by atoms with E-state index in [0.29, 0.717) is 11.5 Å². The molecule has 3 aromatic rings. The minimum Gasteiger partial charge on any atom is -0.497 e. The van der Waals surface area contributed by atoms with Crippen LogP contribution >= 0.6 is 0 Å². The van der Waals surface area contributed by atoms with Crippen molar-refractivity contribution in [2.45, 2.75) is 0 Å². The van der Waals surface area contributed by atoms with Crippen LogP contribution in [0.4, 0.5) is 0 Å². The standard InChI is InChI=1S/C20H21NO5/c1-22-12-25-19-8-9-20(26-13-23-2)17-11-21-18(10-16(17)19)14-4-6-15(24-3)7-5-14/h4-11H,12-13H2,1-3H3. The fourth-order valence-electron chi connectivity index (χ4n) is 2.60. The van der Waals surface area contributed by atoms with E-state index in [1.54, 1.807) is 27.5 Å². The molecule has 0 saturated carbocycles. The van der Waals surface area contributed by atoms with E-state index in [1.807, 2.05) is 42.5 Å². The molecule has 136 valence electrons. The predicted octanol–water partition coefficient (Wildman–Crippen LogP) is 3.88. The van der Waals surface area contributed by atoms with Crippen molar-refractivity contribution >= 4 is 10.8 Å². The zero-order valence-electron chi connectivity index (χ0n) is 15.0. The topological polar surface area (TPSA) is 59.0 Å². The molecule has 0 aliphatic carbocycles. The molecule has 0 aliphatic rings. The molecule has 0 unspecified atom stereocenters. The number of rotatable bonds is 8. The zero-order chi connectivity index (χ0) is 18.4. The van der Waals surface area contributed by atoms with E-state index < -0.39 is 0 Å². The number of hydrogen-bond acceptors (Lipinski definition) is 6. The van der Waals surface area contributed by atoms with Crippen LogP contribution in [0.5, 0.6) is 17.2 Å². The third-order valence-electron chi connectivity index (χ3n) is 3.87. The molecular weight excluding hydrogens is 334 g/mol. The third kappa shape index (κ3) is 3.87. The maximum atomic E-state index is 5.70. The highest BCUT2D eigenvalue weighted by molar-refractivity contribution is 5.94. The molecule has 0 spiro atoms. The van der Waals surface area contributed by atoms with E-state index in [0.717, 1.165) is 27.8 Å². The normalized spacial score (nSPS) is 10.7. The molecule has 6 heteroatoms. The molecule has 0 aliphatic heterocycles. The van der Waals surface area contributed by atoms with Gasteiger partial charge in [0.2, 0.25) is 0 Å².